The Labute approximate surface area is 134 Å². The second kappa shape index (κ2) is 5.70. The monoisotopic (exact) mass is 310 g/mol. The molecule has 110 valence electrons. The fraction of sp³-hybridized carbons (Fsp3) is 0.176. The summed E-state index contributed by atoms with van der Waals surface area (Å²) in [6, 6.07) is 13.9. The number of hydrogen-bond acceptors (Lipinski definition) is 3. The highest BCUT2D eigenvalue weighted by Gasteiger charge is 2.12. The fourth-order valence-electron chi connectivity index (χ4n) is 2.69. The van der Waals surface area contributed by atoms with Crippen molar-refractivity contribution in [3.8, 4) is 6.07 Å². The van der Waals surface area contributed by atoms with Crippen molar-refractivity contribution in [2.75, 3.05) is 4.84 Å². The molecule has 0 radical (unpaired) electrons. The molecule has 22 heavy (non-hydrogen) atoms. The molecule has 1 N–H and O–H groups in total. The van der Waals surface area contributed by atoms with E-state index in [0.717, 1.165) is 33.4 Å². The summed E-state index contributed by atoms with van der Waals surface area (Å²) in [5, 5.41) is 15.0. The number of aromatic nitrogens is 2. The van der Waals surface area contributed by atoms with Gasteiger partial charge in [0.15, 0.2) is 0 Å². The lowest BCUT2D eigenvalue weighted by Crippen LogP contribution is -2.05. The van der Waals surface area contributed by atoms with Gasteiger partial charge in [-0.3, -0.25) is 9.52 Å². The summed E-state index contributed by atoms with van der Waals surface area (Å²) in [4.78, 5) is 2.63. The van der Waals surface area contributed by atoms with E-state index in [2.05, 4.69) is 16.0 Å². The van der Waals surface area contributed by atoms with E-state index in [-0.39, 0.29) is 0 Å². The molecule has 0 aliphatic carbocycles. The van der Waals surface area contributed by atoms with E-state index in [0.29, 0.717) is 12.1 Å². The van der Waals surface area contributed by atoms with E-state index in [1.165, 1.54) is 0 Å². The number of fused-ring (bicyclic) bond motifs is 1. The Morgan fingerprint density at radius 2 is 2.09 bits per heavy atom. The lowest BCUT2D eigenvalue weighted by Gasteiger charge is -2.09. The first kappa shape index (κ1) is 14.4. The van der Waals surface area contributed by atoms with E-state index < -0.39 is 0 Å². The molecule has 0 atom stereocenters. The van der Waals surface area contributed by atoms with Gasteiger partial charge in [0.2, 0.25) is 0 Å². The van der Waals surface area contributed by atoms with Gasteiger partial charge in [-0.05, 0) is 49.2 Å². The van der Waals surface area contributed by atoms with Gasteiger partial charge in [0.05, 0.1) is 35.1 Å². The number of aryl methyl sites for hydroxylation is 2. The minimum absolute atomic E-state index is 0.561. The van der Waals surface area contributed by atoms with Crippen LogP contribution in [0.4, 0.5) is 5.69 Å². The molecule has 2 aromatic carbocycles. The van der Waals surface area contributed by atoms with Gasteiger partial charge in [0, 0.05) is 17.2 Å². The molecule has 1 aromatic heterocycles. The third kappa shape index (κ3) is 2.40. The van der Waals surface area contributed by atoms with Gasteiger partial charge < -0.3 is 0 Å². The largest absolute Gasteiger partial charge is 0.298 e. The van der Waals surface area contributed by atoms with Gasteiger partial charge in [0.25, 0.3) is 0 Å². The van der Waals surface area contributed by atoms with Gasteiger partial charge in [-0.1, -0.05) is 12.1 Å². The van der Waals surface area contributed by atoms with Crippen LogP contribution in [-0.4, -0.2) is 9.78 Å². The second-order valence-corrected chi connectivity index (χ2v) is 5.47. The van der Waals surface area contributed by atoms with Gasteiger partial charge in [-0.25, -0.2) is 0 Å². The highest BCUT2D eigenvalue weighted by Crippen LogP contribution is 2.24. The Morgan fingerprint density at radius 3 is 2.82 bits per heavy atom. The Hall–Kier alpha value is -2.51. The number of anilines is 1. The molecular formula is C17H15ClN4. The maximum atomic E-state index is 9.31. The summed E-state index contributed by atoms with van der Waals surface area (Å²) >= 11 is 5.70. The summed E-state index contributed by atoms with van der Waals surface area (Å²) in [6.07, 6.45) is 0. The molecular weight excluding hydrogens is 296 g/mol. The number of rotatable bonds is 3. The highest BCUT2D eigenvalue weighted by molar-refractivity contribution is 6.24. The van der Waals surface area contributed by atoms with Crippen LogP contribution in [0.2, 0.25) is 0 Å². The van der Waals surface area contributed by atoms with Crippen molar-refractivity contribution in [2.24, 2.45) is 0 Å². The second-order valence-electron chi connectivity index (χ2n) is 5.28. The third-order valence-corrected chi connectivity index (χ3v) is 4.10. The van der Waals surface area contributed by atoms with E-state index in [9.17, 15) is 5.26 Å². The maximum absolute atomic E-state index is 9.31. The Balaban J connectivity index is 2.14. The number of halogens is 1. The minimum Gasteiger partial charge on any atom is -0.298 e. The Kier molecular flexibility index (Phi) is 3.74. The smallest absolute Gasteiger partial charge is 0.0995 e. The van der Waals surface area contributed by atoms with Gasteiger partial charge in [-0.15, -0.1) is 0 Å². The first-order valence-corrected chi connectivity index (χ1v) is 7.34. The van der Waals surface area contributed by atoms with E-state index in [4.69, 9.17) is 11.8 Å². The number of benzene rings is 2. The number of nitrogens with one attached hydrogen (secondary N) is 1. The van der Waals surface area contributed by atoms with Crippen molar-refractivity contribution >= 4 is 28.4 Å². The van der Waals surface area contributed by atoms with Crippen molar-refractivity contribution in [3.63, 3.8) is 0 Å². The molecule has 0 saturated carbocycles. The van der Waals surface area contributed by atoms with Crippen molar-refractivity contribution in [3.05, 3.63) is 58.8 Å². The molecule has 0 saturated heterocycles. The SMILES string of the molecule is Cc1cccc(C#N)c1Cn1nc(C)c2ccc(NCl)cc21. The summed E-state index contributed by atoms with van der Waals surface area (Å²) in [7, 11) is 0. The molecule has 0 fully saturated rings. The quantitative estimate of drug-likeness (QED) is 0.740. The topological polar surface area (TPSA) is 53.6 Å². The van der Waals surface area contributed by atoms with Crippen LogP contribution in [0, 0.1) is 25.2 Å². The summed E-state index contributed by atoms with van der Waals surface area (Å²) in [6.45, 7) is 4.56. The average Bonchev–Trinajstić information content (AvgIpc) is 2.85. The van der Waals surface area contributed by atoms with Crippen LogP contribution in [0.5, 0.6) is 0 Å². The standard InChI is InChI=1S/C17H15ClN4/c1-11-4-3-5-13(9-19)16(11)10-22-17-8-14(20-18)6-7-15(17)12(2)21-22/h3-8,20H,10H2,1-2H3. The van der Waals surface area contributed by atoms with Crippen LogP contribution in [-0.2, 0) is 6.54 Å². The van der Waals surface area contributed by atoms with E-state index in [1.54, 1.807) is 0 Å². The third-order valence-electron chi connectivity index (χ3n) is 3.88. The van der Waals surface area contributed by atoms with Crippen LogP contribution in [0.15, 0.2) is 36.4 Å². The molecule has 1 heterocycles. The van der Waals surface area contributed by atoms with E-state index >= 15 is 0 Å². The predicted octanol–water partition coefficient (Wildman–Crippen LogP) is 4.14. The van der Waals surface area contributed by atoms with Crippen LogP contribution < -0.4 is 4.84 Å². The lowest BCUT2D eigenvalue weighted by molar-refractivity contribution is 0.699. The summed E-state index contributed by atoms with van der Waals surface area (Å²) in [5.74, 6) is 0. The average molecular weight is 311 g/mol. The van der Waals surface area contributed by atoms with Crippen molar-refractivity contribution < 1.29 is 0 Å². The first-order chi connectivity index (χ1) is 10.6. The van der Waals surface area contributed by atoms with Gasteiger partial charge >= 0.3 is 0 Å². The summed E-state index contributed by atoms with van der Waals surface area (Å²) in [5.41, 5.74) is 5.55. The van der Waals surface area contributed by atoms with Crippen molar-refractivity contribution in [1.82, 2.24) is 9.78 Å². The molecule has 0 aliphatic rings. The zero-order valence-electron chi connectivity index (χ0n) is 12.4. The number of nitrogens with zero attached hydrogens (tertiary/aromatic N) is 3. The minimum atomic E-state index is 0.561. The number of nitriles is 1. The molecule has 0 spiro atoms. The maximum Gasteiger partial charge on any atom is 0.0995 e. The molecule has 0 bridgehead atoms. The Bertz CT molecular complexity index is 890. The fourth-order valence-corrected chi connectivity index (χ4v) is 2.80. The molecule has 3 rings (SSSR count). The summed E-state index contributed by atoms with van der Waals surface area (Å²) < 4.78 is 1.92. The molecule has 4 nitrogen and oxygen atoms in total. The van der Waals surface area contributed by atoms with Gasteiger partial charge in [-0.2, -0.15) is 10.4 Å². The normalized spacial score (nSPS) is 10.6. The first-order valence-electron chi connectivity index (χ1n) is 6.96. The highest BCUT2D eigenvalue weighted by atomic mass is 35.5. The molecule has 0 amide bonds. The molecule has 3 aromatic rings. The van der Waals surface area contributed by atoms with Crippen LogP contribution in [0.25, 0.3) is 10.9 Å². The van der Waals surface area contributed by atoms with Crippen molar-refractivity contribution in [1.29, 1.82) is 5.26 Å². The zero-order valence-corrected chi connectivity index (χ0v) is 13.1. The van der Waals surface area contributed by atoms with Crippen LogP contribution in [0.1, 0.15) is 22.4 Å². The Morgan fingerprint density at radius 1 is 1.27 bits per heavy atom. The van der Waals surface area contributed by atoms with E-state index in [1.807, 2.05) is 54.9 Å². The van der Waals surface area contributed by atoms with Gasteiger partial charge in [0.1, 0.15) is 0 Å². The van der Waals surface area contributed by atoms with Crippen molar-refractivity contribution in [2.45, 2.75) is 20.4 Å². The predicted molar refractivity (Wildman–Crippen MR) is 88.9 cm³/mol. The molecule has 5 heteroatoms. The van der Waals surface area contributed by atoms with Crippen LogP contribution in [0.3, 0.4) is 0 Å². The molecule has 0 unspecified atom stereocenters. The van der Waals surface area contributed by atoms with Crippen LogP contribution >= 0.6 is 11.8 Å². The zero-order chi connectivity index (χ0) is 15.7. The number of hydrogen-bond donors (Lipinski definition) is 1. The molecule has 0 aliphatic heterocycles. The lowest BCUT2D eigenvalue weighted by atomic mass is 10.0.